The van der Waals surface area contributed by atoms with E-state index in [-0.39, 0.29) is 0 Å². The van der Waals surface area contributed by atoms with Crippen molar-refractivity contribution in [2.75, 3.05) is 39.4 Å². The highest BCUT2D eigenvalue weighted by atomic mass is 19.3. The second kappa shape index (κ2) is 7.15. The molecule has 4 nitrogen and oxygen atoms in total. The second-order valence-corrected chi connectivity index (χ2v) is 5.08. The van der Waals surface area contributed by atoms with Crippen LogP contribution >= 0.6 is 0 Å². The predicted molar refractivity (Wildman–Crippen MR) is 76.8 cm³/mol. The van der Waals surface area contributed by atoms with E-state index in [1.807, 2.05) is 6.92 Å². The largest absolute Gasteiger partial charge is 0.494 e. The summed E-state index contributed by atoms with van der Waals surface area (Å²) in [6.45, 7) is 3.41. The molecule has 0 spiro atoms. The average Bonchev–Trinajstić information content (AvgIpc) is 2.50. The van der Waals surface area contributed by atoms with Gasteiger partial charge in [0.1, 0.15) is 18.4 Å². The topological polar surface area (TPSA) is 44.7 Å². The van der Waals surface area contributed by atoms with Crippen molar-refractivity contribution in [3.05, 3.63) is 29.8 Å². The van der Waals surface area contributed by atoms with Gasteiger partial charge < -0.3 is 15.2 Å². The van der Waals surface area contributed by atoms with E-state index < -0.39 is 18.6 Å². The quantitative estimate of drug-likeness (QED) is 0.839. The number of alkyl halides is 2. The minimum absolute atomic E-state index is 0.413. The van der Waals surface area contributed by atoms with Crippen LogP contribution in [0.25, 0.3) is 0 Å². The highest BCUT2D eigenvalue weighted by Gasteiger charge is 2.45. The number of halogens is 2. The van der Waals surface area contributed by atoms with Crippen molar-refractivity contribution in [1.29, 1.82) is 0 Å². The molecule has 0 unspecified atom stereocenters. The third-order valence-electron chi connectivity index (χ3n) is 3.64. The maximum Gasteiger partial charge on any atom is 0.290 e. The minimum Gasteiger partial charge on any atom is -0.494 e. The molecule has 1 aliphatic rings. The Kier molecular flexibility index (Phi) is 5.50. The van der Waals surface area contributed by atoms with Crippen LogP contribution in [-0.4, -0.2) is 55.3 Å². The molecule has 1 aromatic carbocycles. The molecule has 1 atom stereocenters. The Morgan fingerprint density at radius 2 is 2.00 bits per heavy atom. The molecule has 1 saturated heterocycles. The van der Waals surface area contributed by atoms with Gasteiger partial charge in [-0.25, -0.2) is 8.78 Å². The number of hydrogen-bond acceptors (Lipinski definition) is 4. The first-order chi connectivity index (χ1) is 10.1. The van der Waals surface area contributed by atoms with Gasteiger partial charge in [0, 0.05) is 31.7 Å². The molecule has 6 heteroatoms. The lowest BCUT2D eigenvalue weighted by atomic mass is 9.97. The van der Waals surface area contributed by atoms with Crippen molar-refractivity contribution in [2.24, 2.45) is 0 Å². The molecule has 118 valence electrons. The van der Waals surface area contributed by atoms with Crippen molar-refractivity contribution < 1.29 is 18.6 Å². The van der Waals surface area contributed by atoms with Crippen molar-refractivity contribution in [2.45, 2.75) is 18.9 Å². The van der Waals surface area contributed by atoms with Crippen molar-refractivity contribution >= 4 is 0 Å². The molecule has 1 fully saturated rings. The summed E-state index contributed by atoms with van der Waals surface area (Å²) in [4.78, 5) is 1.71. The van der Waals surface area contributed by atoms with Gasteiger partial charge in [0.25, 0.3) is 5.92 Å². The molecular weight excluding hydrogens is 278 g/mol. The molecule has 1 aromatic rings. The maximum atomic E-state index is 14.3. The lowest BCUT2D eigenvalue weighted by molar-refractivity contribution is -0.119. The number of aliphatic hydroxyl groups is 1. The molecular formula is C15H22F2N2O2. The van der Waals surface area contributed by atoms with Gasteiger partial charge in [-0.1, -0.05) is 18.2 Å². The van der Waals surface area contributed by atoms with Crippen LogP contribution in [-0.2, 0) is 0 Å². The fourth-order valence-electron chi connectivity index (χ4n) is 2.71. The first-order valence-corrected chi connectivity index (χ1v) is 7.25. The Balaban J connectivity index is 2.39. The number of nitrogens with zero attached hydrogens (tertiary/aromatic N) is 1. The van der Waals surface area contributed by atoms with Crippen molar-refractivity contribution in [3.8, 4) is 5.75 Å². The number of rotatable bonds is 6. The Bertz CT molecular complexity index is 451. The zero-order valence-corrected chi connectivity index (χ0v) is 12.2. The third kappa shape index (κ3) is 3.70. The summed E-state index contributed by atoms with van der Waals surface area (Å²) in [5.41, 5.74) is 0.431. The summed E-state index contributed by atoms with van der Waals surface area (Å²) in [7, 11) is 0. The average molecular weight is 300 g/mol. The zero-order valence-electron chi connectivity index (χ0n) is 12.2. The zero-order chi connectivity index (χ0) is 15.3. The van der Waals surface area contributed by atoms with Crippen LogP contribution in [0.3, 0.4) is 0 Å². The van der Waals surface area contributed by atoms with Crippen LogP contribution < -0.4 is 10.1 Å². The Hall–Kier alpha value is -1.24. The number of nitrogens with one attached hydrogen (secondary N) is 1. The number of hydrogen-bond donors (Lipinski definition) is 2. The van der Waals surface area contributed by atoms with Crippen LogP contribution in [0.4, 0.5) is 8.78 Å². The Morgan fingerprint density at radius 1 is 1.33 bits per heavy atom. The van der Waals surface area contributed by atoms with E-state index in [1.54, 1.807) is 29.2 Å². The fourth-order valence-corrected chi connectivity index (χ4v) is 2.71. The molecule has 0 aromatic heterocycles. The van der Waals surface area contributed by atoms with Crippen molar-refractivity contribution in [3.63, 3.8) is 0 Å². The monoisotopic (exact) mass is 300 g/mol. The number of benzene rings is 1. The summed E-state index contributed by atoms with van der Waals surface area (Å²) < 4.78 is 34.2. The molecule has 21 heavy (non-hydrogen) atoms. The smallest absolute Gasteiger partial charge is 0.290 e. The van der Waals surface area contributed by atoms with Gasteiger partial charge in [0.15, 0.2) is 0 Å². The highest BCUT2D eigenvalue weighted by molar-refractivity contribution is 5.37. The standard InChI is InChI=1S/C15H22F2N2O2/c1-2-21-13-6-4-3-5-12(13)14(15(16,17)11-20)19-9-7-18-8-10-19/h3-6,14,18,20H,2,7-11H2,1H3/t14-/m0/s1. The maximum absolute atomic E-state index is 14.3. The number of aliphatic hydroxyl groups excluding tert-OH is 1. The molecule has 2 N–H and O–H groups in total. The van der Waals surface area contributed by atoms with Gasteiger partial charge in [0.2, 0.25) is 0 Å². The number of piperazine rings is 1. The summed E-state index contributed by atoms with van der Waals surface area (Å²) in [6, 6.07) is 5.66. The molecule has 0 amide bonds. The van der Waals surface area contributed by atoms with E-state index >= 15 is 0 Å². The van der Waals surface area contributed by atoms with Crippen LogP contribution in [0.15, 0.2) is 24.3 Å². The van der Waals surface area contributed by atoms with E-state index in [1.165, 1.54) is 0 Å². The molecule has 2 rings (SSSR count). The summed E-state index contributed by atoms with van der Waals surface area (Å²) in [5.74, 6) is -2.76. The lowest BCUT2D eigenvalue weighted by Gasteiger charge is -2.39. The number of ether oxygens (including phenoxy) is 1. The highest BCUT2D eigenvalue weighted by Crippen LogP contribution is 2.40. The molecule has 1 aliphatic heterocycles. The number of para-hydroxylation sites is 1. The molecule has 0 aliphatic carbocycles. The van der Waals surface area contributed by atoms with Gasteiger partial charge in [-0.2, -0.15) is 0 Å². The van der Waals surface area contributed by atoms with E-state index in [4.69, 9.17) is 9.84 Å². The van der Waals surface area contributed by atoms with Gasteiger partial charge in [0.05, 0.1) is 6.61 Å². The summed E-state index contributed by atoms with van der Waals surface area (Å²) in [6.07, 6.45) is 0. The molecule has 1 heterocycles. The minimum atomic E-state index is -3.22. The van der Waals surface area contributed by atoms with E-state index in [9.17, 15) is 8.78 Å². The van der Waals surface area contributed by atoms with Gasteiger partial charge in [-0.15, -0.1) is 0 Å². The van der Waals surface area contributed by atoms with E-state index in [2.05, 4.69) is 5.32 Å². The first-order valence-electron chi connectivity index (χ1n) is 7.25. The van der Waals surface area contributed by atoms with Crippen LogP contribution in [0.5, 0.6) is 5.75 Å². The predicted octanol–water partition coefficient (Wildman–Crippen LogP) is 1.66. The molecule has 0 bridgehead atoms. The van der Waals surface area contributed by atoms with Gasteiger partial charge >= 0.3 is 0 Å². The van der Waals surface area contributed by atoms with Gasteiger partial charge in [-0.3, -0.25) is 4.90 Å². The SMILES string of the molecule is CCOc1ccccc1[C@H](N1CCNCC1)C(F)(F)CO. The first kappa shape index (κ1) is 16.1. The van der Waals surface area contributed by atoms with Gasteiger partial charge in [-0.05, 0) is 13.0 Å². The van der Waals surface area contributed by atoms with Crippen LogP contribution in [0, 0.1) is 0 Å². The van der Waals surface area contributed by atoms with Crippen LogP contribution in [0.1, 0.15) is 18.5 Å². The summed E-state index contributed by atoms with van der Waals surface area (Å²) >= 11 is 0. The Morgan fingerprint density at radius 3 is 2.62 bits per heavy atom. The molecule has 0 saturated carbocycles. The van der Waals surface area contributed by atoms with Crippen molar-refractivity contribution in [1.82, 2.24) is 10.2 Å². The van der Waals surface area contributed by atoms with E-state index in [0.29, 0.717) is 44.1 Å². The lowest BCUT2D eigenvalue weighted by Crippen LogP contribution is -2.51. The Labute approximate surface area is 123 Å². The normalized spacial score (nSPS) is 18.5. The fraction of sp³-hybridized carbons (Fsp3) is 0.600. The molecule has 0 radical (unpaired) electrons. The second-order valence-electron chi connectivity index (χ2n) is 5.08. The van der Waals surface area contributed by atoms with E-state index in [0.717, 1.165) is 0 Å². The van der Waals surface area contributed by atoms with Crippen LogP contribution in [0.2, 0.25) is 0 Å². The summed E-state index contributed by atoms with van der Waals surface area (Å²) in [5, 5.41) is 12.3. The third-order valence-corrected chi connectivity index (χ3v) is 3.64.